The third-order valence-electron chi connectivity index (χ3n) is 2.15. The molecule has 17 heavy (non-hydrogen) atoms. The molecular weight excluding hydrogens is 293 g/mol. The van der Waals surface area contributed by atoms with Gasteiger partial charge in [-0.25, -0.2) is 9.18 Å². The Morgan fingerprint density at radius 3 is 2.47 bits per heavy atom. The number of amides is 1. The molecule has 0 atom stereocenters. The molecule has 2 N–H and O–H groups in total. The minimum atomic E-state index is -1.46. The van der Waals surface area contributed by atoms with Gasteiger partial charge in [0.2, 0.25) is 0 Å². The molecule has 0 fully saturated rings. The highest BCUT2D eigenvalue weighted by Gasteiger charge is 2.30. The van der Waals surface area contributed by atoms with E-state index in [1.165, 1.54) is 26.0 Å². The first-order valence-electron chi connectivity index (χ1n) is 4.75. The van der Waals surface area contributed by atoms with Crippen LogP contribution >= 0.6 is 15.9 Å². The molecule has 0 heterocycles. The van der Waals surface area contributed by atoms with Crippen molar-refractivity contribution < 1.29 is 19.1 Å². The third kappa shape index (κ3) is 3.03. The molecule has 4 nitrogen and oxygen atoms in total. The molecule has 6 heteroatoms. The van der Waals surface area contributed by atoms with E-state index in [0.29, 0.717) is 0 Å². The smallest absolute Gasteiger partial charge is 0.328 e. The number of aliphatic carboxylic acids is 1. The SMILES string of the molecule is CC(C)(NC(=O)c1c(F)cccc1Br)C(=O)O. The van der Waals surface area contributed by atoms with Crippen LogP contribution < -0.4 is 5.32 Å². The average molecular weight is 304 g/mol. The fraction of sp³-hybridized carbons (Fsp3) is 0.273. The van der Waals surface area contributed by atoms with Crippen LogP contribution in [0.15, 0.2) is 22.7 Å². The quantitative estimate of drug-likeness (QED) is 0.899. The lowest BCUT2D eigenvalue weighted by Gasteiger charge is -2.21. The van der Waals surface area contributed by atoms with Crippen molar-refractivity contribution in [3.05, 3.63) is 34.1 Å². The van der Waals surface area contributed by atoms with Crippen LogP contribution in [0.4, 0.5) is 4.39 Å². The Morgan fingerprint density at radius 1 is 1.41 bits per heavy atom. The number of rotatable bonds is 3. The van der Waals surface area contributed by atoms with Crippen molar-refractivity contribution in [2.24, 2.45) is 0 Å². The molecular formula is C11H11BrFNO3. The van der Waals surface area contributed by atoms with E-state index < -0.39 is 23.2 Å². The van der Waals surface area contributed by atoms with E-state index in [2.05, 4.69) is 21.2 Å². The molecule has 0 aliphatic rings. The zero-order chi connectivity index (χ0) is 13.2. The molecule has 0 unspecified atom stereocenters. The number of nitrogens with one attached hydrogen (secondary N) is 1. The summed E-state index contributed by atoms with van der Waals surface area (Å²) in [5.74, 6) is -2.68. The summed E-state index contributed by atoms with van der Waals surface area (Å²) >= 11 is 3.04. The molecule has 1 rings (SSSR count). The highest BCUT2D eigenvalue weighted by atomic mass is 79.9. The maximum atomic E-state index is 13.4. The molecule has 0 spiro atoms. The van der Waals surface area contributed by atoms with E-state index in [0.717, 1.165) is 6.07 Å². The van der Waals surface area contributed by atoms with Gasteiger partial charge in [-0.3, -0.25) is 4.79 Å². The lowest BCUT2D eigenvalue weighted by Crippen LogP contribution is -2.49. The molecule has 1 aromatic rings. The fourth-order valence-electron chi connectivity index (χ4n) is 1.11. The molecule has 0 saturated heterocycles. The van der Waals surface area contributed by atoms with Crippen LogP contribution in [-0.4, -0.2) is 22.5 Å². The van der Waals surface area contributed by atoms with Gasteiger partial charge in [-0.15, -0.1) is 0 Å². The van der Waals surface area contributed by atoms with Gasteiger partial charge in [-0.1, -0.05) is 6.07 Å². The van der Waals surface area contributed by atoms with Crippen molar-refractivity contribution in [3.8, 4) is 0 Å². The zero-order valence-electron chi connectivity index (χ0n) is 9.25. The maximum Gasteiger partial charge on any atom is 0.328 e. The zero-order valence-corrected chi connectivity index (χ0v) is 10.8. The van der Waals surface area contributed by atoms with Gasteiger partial charge < -0.3 is 10.4 Å². The number of carboxylic acids is 1. The van der Waals surface area contributed by atoms with Crippen molar-refractivity contribution in [3.63, 3.8) is 0 Å². The van der Waals surface area contributed by atoms with Crippen LogP contribution in [0.5, 0.6) is 0 Å². The van der Waals surface area contributed by atoms with Crippen LogP contribution in [0, 0.1) is 5.82 Å². The highest BCUT2D eigenvalue weighted by Crippen LogP contribution is 2.20. The van der Waals surface area contributed by atoms with Crippen LogP contribution in [0.3, 0.4) is 0 Å². The Morgan fingerprint density at radius 2 is 2.00 bits per heavy atom. The minimum absolute atomic E-state index is 0.207. The number of carboxylic acid groups (broad SMARTS) is 1. The summed E-state index contributed by atoms with van der Waals surface area (Å²) in [6.07, 6.45) is 0. The summed E-state index contributed by atoms with van der Waals surface area (Å²) in [7, 11) is 0. The standard InChI is InChI=1S/C11H11BrFNO3/c1-11(2,10(16)17)14-9(15)8-6(12)4-3-5-7(8)13/h3-5H,1-2H3,(H,14,15)(H,16,17). The Kier molecular flexibility index (Phi) is 3.87. The Hall–Kier alpha value is -1.43. The Bertz CT molecular complexity index is 454. The van der Waals surface area contributed by atoms with Crippen LogP contribution in [0.25, 0.3) is 0 Å². The molecule has 0 saturated carbocycles. The molecule has 1 amide bonds. The number of carbonyl (C=O) groups excluding carboxylic acids is 1. The maximum absolute atomic E-state index is 13.4. The van der Waals surface area contributed by atoms with E-state index in [-0.39, 0.29) is 10.0 Å². The van der Waals surface area contributed by atoms with Crippen LogP contribution in [0.2, 0.25) is 0 Å². The number of hydrogen-bond acceptors (Lipinski definition) is 2. The number of halogens is 2. The van der Waals surface area contributed by atoms with E-state index in [1.807, 2.05) is 0 Å². The first kappa shape index (κ1) is 13.6. The summed E-state index contributed by atoms with van der Waals surface area (Å²) in [6.45, 7) is 2.64. The van der Waals surface area contributed by atoms with Gasteiger partial charge in [0.15, 0.2) is 0 Å². The fourth-order valence-corrected chi connectivity index (χ4v) is 1.64. The minimum Gasteiger partial charge on any atom is -0.480 e. The lowest BCUT2D eigenvalue weighted by molar-refractivity contribution is -0.143. The van der Waals surface area contributed by atoms with Gasteiger partial charge >= 0.3 is 5.97 Å². The topological polar surface area (TPSA) is 66.4 Å². The second kappa shape index (κ2) is 4.83. The number of hydrogen-bond donors (Lipinski definition) is 2. The largest absolute Gasteiger partial charge is 0.480 e. The van der Waals surface area contributed by atoms with Crippen molar-refractivity contribution in [1.82, 2.24) is 5.32 Å². The van der Waals surface area contributed by atoms with E-state index >= 15 is 0 Å². The van der Waals surface area contributed by atoms with Gasteiger partial charge in [-0.05, 0) is 41.9 Å². The van der Waals surface area contributed by atoms with Gasteiger partial charge in [0, 0.05) is 4.47 Å². The monoisotopic (exact) mass is 303 g/mol. The van der Waals surface area contributed by atoms with Gasteiger partial charge in [-0.2, -0.15) is 0 Å². The molecule has 0 aliphatic carbocycles. The first-order valence-corrected chi connectivity index (χ1v) is 5.55. The second-order valence-corrected chi connectivity index (χ2v) is 4.84. The number of benzene rings is 1. The summed E-state index contributed by atoms with van der Waals surface area (Å²) < 4.78 is 13.7. The van der Waals surface area contributed by atoms with Crippen LogP contribution in [0.1, 0.15) is 24.2 Å². The molecule has 0 aromatic heterocycles. The molecule has 0 radical (unpaired) electrons. The normalized spacial score (nSPS) is 11.1. The average Bonchev–Trinajstić information content (AvgIpc) is 2.15. The molecule has 1 aromatic carbocycles. The van der Waals surface area contributed by atoms with Crippen molar-refractivity contribution >= 4 is 27.8 Å². The molecule has 92 valence electrons. The summed E-state index contributed by atoms with van der Waals surface area (Å²) in [6, 6.07) is 4.08. The Labute approximate surface area is 106 Å². The van der Waals surface area contributed by atoms with Crippen molar-refractivity contribution in [2.45, 2.75) is 19.4 Å². The van der Waals surface area contributed by atoms with E-state index in [9.17, 15) is 14.0 Å². The van der Waals surface area contributed by atoms with Crippen molar-refractivity contribution in [1.29, 1.82) is 0 Å². The van der Waals surface area contributed by atoms with Crippen LogP contribution in [-0.2, 0) is 4.79 Å². The predicted octanol–water partition coefficient (Wildman–Crippen LogP) is 2.18. The predicted molar refractivity (Wildman–Crippen MR) is 63.3 cm³/mol. The first-order chi connectivity index (χ1) is 7.75. The van der Waals surface area contributed by atoms with Gasteiger partial charge in [0.1, 0.15) is 11.4 Å². The van der Waals surface area contributed by atoms with Gasteiger partial charge in [0.05, 0.1) is 5.56 Å². The summed E-state index contributed by atoms with van der Waals surface area (Å²) in [5, 5.41) is 11.1. The number of carbonyl (C=O) groups is 2. The third-order valence-corrected chi connectivity index (χ3v) is 2.81. The van der Waals surface area contributed by atoms with E-state index in [1.54, 1.807) is 0 Å². The summed E-state index contributed by atoms with van der Waals surface area (Å²) in [5.41, 5.74) is -1.67. The molecule has 0 bridgehead atoms. The summed E-state index contributed by atoms with van der Waals surface area (Å²) in [4.78, 5) is 22.6. The Balaban J connectivity index is 3.03. The second-order valence-electron chi connectivity index (χ2n) is 3.98. The lowest BCUT2D eigenvalue weighted by atomic mass is 10.1. The van der Waals surface area contributed by atoms with Crippen molar-refractivity contribution in [2.75, 3.05) is 0 Å². The van der Waals surface area contributed by atoms with Gasteiger partial charge in [0.25, 0.3) is 5.91 Å². The molecule has 0 aliphatic heterocycles. The highest BCUT2D eigenvalue weighted by molar-refractivity contribution is 9.10. The van der Waals surface area contributed by atoms with E-state index in [4.69, 9.17) is 5.11 Å².